The van der Waals surface area contributed by atoms with Crippen LogP contribution in [0.4, 0.5) is 5.82 Å². The van der Waals surface area contributed by atoms with Crippen molar-refractivity contribution >= 4 is 29.0 Å². The first kappa shape index (κ1) is 22.3. The van der Waals surface area contributed by atoms with E-state index in [1.165, 1.54) is 0 Å². The van der Waals surface area contributed by atoms with Gasteiger partial charge in [-0.05, 0) is 11.6 Å². The maximum atomic E-state index is 12.4. The van der Waals surface area contributed by atoms with Crippen LogP contribution in [0.15, 0.2) is 85.2 Å². The van der Waals surface area contributed by atoms with E-state index in [0.29, 0.717) is 34.2 Å². The lowest BCUT2D eigenvalue weighted by molar-refractivity contribution is -0.563. The Bertz CT molecular complexity index is 1250. The molecule has 4 aromatic rings. The first-order chi connectivity index (χ1) is 16.1. The van der Waals surface area contributed by atoms with Gasteiger partial charge < -0.3 is 5.32 Å². The van der Waals surface area contributed by atoms with E-state index in [1.807, 2.05) is 72.8 Å². The molecule has 0 aliphatic heterocycles. The fourth-order valence-corrected chi connectivity index (χ4v) is 3.64. The summed E-state index contributed by atoms with van der Waals surface area (Å²) in [6, 6.07) is 22.5. The zero-order valence-electron chi connectivity index (χ0n) is 17.7. The van der Waals surface area contributed by atoms with Gasteiger partial charge >= 0.3 is 0 Å². The van der Waals surface area contributed by atoms with Gasteiger partial charge in [0.25, 0.3) is 11.7 Å². The van der Waals surface area contributed by atoms with Gasteiger partial charge in [-0.15, -0.1) is 5.10 Å². The van der Waals surface area contributed by atoms with Gasteiger partial charge in [0.15, 0.2) is 6.54 Å². The van der Waals surface area contributed by atoms with Crippen LogP contribution in [0.5, 0.6) is 0 Å². The van der Waals surface area contributed by atoms with Crippen molar-refractivity contribution in [3.05, 3.63) is 107 Å². The summed E-state index contributed by atoms with van der Waals surface area (Å²) in [5.74, 6) is 0.214. The summed E-state index contributed by atoms with van der Waals surface area (Å²) in [5.41, 5.74) is 3.56. The van der Waals surface area contributed by atoms with E-state index in [-0.39, 0.29) is 18.2 Å². The Morgan fingerprint density at radius 2 is 1.70 bits per heavy atom. The van der Waals surface area contributed by atoms with E-state index < -0.39 is 0 Å². The van der Waals surface area contributed by atoms with Gasteiger partial charge in [-0.25, -0.2) is 0 Å². The van der Waals surface area contributed by atoms with Crippen LogP contribution < -0.4 is 10.6 Å². The summed E-state index contributed by atoms with van der Waals surface area (Å²) < 4.78 is 0. The Balaban J connectivity index is 1.59. The second kappa shape index (κ2) is 10.6. The Morgan fingerprint density at radius 3 is 2.39 bits per heavy atom. The van der Waals surface area contributed by atoms with Crippen LogP contribution in [-0.2, 0) is 11.3 Å². The largest absolute Gasteiger partial charge is 0.347 e. The van der Waals surface area contributed by atoms with E-state index in [2.05, 4.69) is 20.5 Å². The van der Waals surface area contributed by atoms with Crippen LogP contribution in [0.2, 0.25) is 5.02 Å². The molecular formula is C25H22ClN6O+. The third-order valence-electron chi connectivity index (χ3n) is 4.99. The molecule has 8 heteroatoms. The molecule has 2 heterocycles. The molecule has 7 nitrogen and oxygen atoms in total. The Hall–Kier alpha value is -3.94. The van der Waals surface area contributed by atoms with Gasteiger partial charge in [-0.3, -0.25) is 20.5 Å². The topological polar surface area (TPSA) is 108 Å². The van der Waals surface area contributed by atoms with Crippen molar-refractivity contribution in [2.45, 2.75) is 6.54 Å². The molecule has 0 aliphatic rings. The molecule has 0 bridgehead atoms. The zero-order chi connectivity index (χ0) is 23.0. The fraction of sp³-hybridized carbons (Fsp3) is 0.0800. The molecular weight excluding hydrogens is 436 g/mol. The third-order valence-corrected chi connectivity index (χ3v) is 5.36. The van der Waals surface area contributed by atoms with E-state index in [9.17, 15) is 4.79 Å². The van der Waals surface area contributed by atoms with Gasteiger partial charge in [0, 0.05) is 30.1 Å². The highest BCUT2D eigenvalue weighted by Crippen LogP contribution is 2.31. The summed E-state index contributed by atoms with van der Waals surface area (Å²) in [6.45, 7) is 0.456. The van der Waals surface area contributed by atoms with Crippen LogP contribution in [0.1, 0.15) is 16.7 Å². The lowest BCUT2D eigenvalue weighted by atomic mass is 10.0. The lowest BCUT2D eigenvalue weighted by Crippen LogP contribution is -2.82. The standard InChI is InChI=1S/C25H21ClN6O/c26-22-21(23(27)18-9-3-1-4-10-18)25(32-31-24(22)19-11-5-2-6-12-19)30-16-20(33)29-15-17-8-7-13-28-14-17/h1-14,27H,15-16H2,(H,29,33)(H,30,32)/p+1. The number of quaternary nitrogens is 1. The first-order valence-corrected chi connectivity index (χ1v) is 10.8. The number of halogens is 1. The van der Waals surface area contributed by atoms with Crippen molar-refractivity contribution in [1.82, 2.24) is 20.5 Å². The van der Waals surface area contributed by atoms with Gasteiger partial charge in [-0.2, -0.15) is 0 Å². The molecule has 0 spiro atoms. The molecule has 164 valence electrons. The molecule has 0 unspecified atom stereocenters. The van der Waals surface area contributed by atoms with E-state index >= 15 is 0 Å². The molecule has 0 radical (unpaired) electrons. The molecule has 1 amide bonds. The molecule has 4 rings (SSSR count). The molecule has 33 heavy (non-hydrogen) atoms. The van der Waals surface area contributed by atoms with Crippen molar-refractivity contribution in [3.8, 4) is 11.3 Å². The maximum Gasteiger partial charge on any atom is 0.275 e. The van der Waals surface area contributed by atoms with Gasteiger partial charge in [-0.1, -0.05) is 83.4 Å². The van der Waals surface area contributed by atoms with Crippen molar-refractivity contribution in [2.24, 2.45) is 0 Å². The van der Waals surface area contributed by atoms with Crippen molar-refractivity contribution in [3.63, 3.8) is 0 Å². The second-order valence-electron chi connectivity index (χ2n) is 7.28. The average Bonchev–Trinajstić information content (AvgIpc) is 2.87. The SMILES string of the molecule is N=C(c1ccccc1)c1c([NH2+]CC(=O)NCc2cccnc2)nnc(-c2ccccc2)c1Cl. The number of carbonyl (C=O) groups excluding carboxylic acids is 1. The number of benzene rings is 2. The maximum absolute atomic E-state index is 12.4. The monoisotopic (exact) mass is 457 g/mol. The number of nitrogens with zero attached hydrogens (tertiary/aromatic N) is 3. The molecule has 0 atom stereocenters. The minimum absolute atomic E-state index is 0.0744. The molecule has 2 aromatic carbocycles. The lowest BCUT2D eigenvalue weighted by Gasteiger charge is -2.13. The molecule has 0 saturated heterocycles. The first-order valence-electron chi connectivity index (χ1n) is 10.4. The number of rotatable bonds is 8. The Kier molecular flexibility index (Phi) is 7.14. The quantitative estimate of drug-likeness (QED) is 0.353. The van der Waals surface area contributed by atoms with Crippen LogP contribution in [0, 0.1) is 5.41 Å². The van der Waals surface area contributed by atoms with Gasteiger partial charge in [0.05, 0.1) is 10.7 Å². The molecule has 4 N–H and O–H groups in total. The summed E-state index contributed by atoms with van der Waals surface area (Å²) in [7, 11) is 0. The van der Waals surface area contributed by atoms with Crippen molar-refractivity contribution < 1.29 is 10.1 Å². The number of carbonyl (C=O) groups is 1. The zero-order valence-corrected chi connectivity index (χ0v) is 18.5. The third kappa shape index (κ3) is 5.46. The van der Waals surface area contributed by atoms with Crippen LogP contribution in [0.3, 0.4) is 0 Å². The summed E-state index contributed by atoms with van der Waals surface area (Å²) >= 11 is 6.78. The highest BCUT2D eigenvalue weighted by atomic mass is 35.5. The van der Waals surface area contributed by atoms with Crippen molar-refractivity contribution in [2.75, 3.05) is 6.54 Å². The Labute approximate surface area is 196 Å². The number of amides is 1. The number of aromatic nitrogens is 3. The van der Waals surface area contributed by atoms with E-state index in [4.69, 9.17) is 17.0 Å². The van der Waals surface area contributed by atoms with Gasteiger partial charge in [0.1, 0.15) is 11.3 Å². The number of pyridine rings is 1. The molecule has 2 aromatic heterocycles. The summed E-state index contributed by atoms with van der Waals surface area (Å²) in [5, 5.41) is 22.3. The van der Waals surface area contributed by atoms with Gasteiger partial charge in [0.2, 0.25) is 0 Å². The minimum Gasteiger partial charge on any atom is -0.347 e. The summed E-state index contributed by atoms with van der Waals surface area (Å²) in [4.78, 5) is 16.5. The summed E-state index contributed by atoms with van der Waals surface area (Å²) in [6.07, 6.45) is 3.39. The highest BCUT2D eigenvalue weighted by Gasteiger charge is 2.24. The predicted molar refractivity (Wildman–Crippen MR) is 127 cm³/mol. The predicted octanol–water partition coefficient (Wildman–Crippen LogP) is 3.12. The Morgan fingerprint density at radius 1 is 0.970 bits per heavy atom. The highest BCUT2D eigenvalue weighted by molar-refractivity contribution is 6.38. The smallest absolute Gasteiger partial charge is 0.275 e. The van der Waals surface area contributed by atoms with Crippen molar-refractivity contribution in [1.29, 1.82) is 5.41 Å². The number of hydrogen-bond donors (Lipinski definition) is 3. The van der Waals surface area contributed by atoms with Crippen LogP contribution >= 0.6 is 11.6 Å². The molecule has 0 saturated carbocycles. The van der Waals surface area contributed by atoms with E-state index in [0.717, 1.165) is 11.1 Å². The fourth-order valence-electron chi connectivity index (χ4n) is 3.30. The van der Waals surface area contributed by atoms with Crippen LogP contribution in [-0.4, -0.2) is 33.3 Å². The number of nitrogens with two attached hydrogens (primary N) is 1. The van der Waals surface area contributed by atoms with E-state index in [1.54, 1.807) is 17.7 Å². The normalized spacial score (nSPS) is 10.6. The number of hydrogen-bond acceptors (Lipinski definition) is 5. The molecule has 0 fully saturated rings. The minimum atomic E-state index is -0.180. The molecule has 0 aliphatic carbocycles. The number of nitrogens with one attached hydrogen (secondary N) is 2. The second-order valence-corrected chi connectivity index (χ2v) is 7.65. The average molecular weight is 458 g/mol. The van der Waals surface area contributed by atoms with Crippen LogP contribution in [0.25, 0.3) is 11.3 Å².